The van der Waals surface area contributed by atoms with Crippen LogP contribution >= 0.6 is 11.3 Å². The molecule has 1 aromatic heterocycles. The van der Waals surface area contributed by atoms with Crippen molar-refractivity contribution in [2.75, 3.05) is 19.6 Å². The molecule has 1 fully saturated rings. The van der Waals surface area contributed by atoms with E-state index in [0.717, 1.165) is 0 Å². The minimum absolute atomic E-state index is 0.101. The number of amides is 2. The maximum absolute atomic E-state index is 12.5. The van der Waals surface area contributed by atoms with Gasteiger partial charge in [0.2, 0.25) is 0 Å². The lowest BCUT2D eigenvalue weighted by Gasteiger charge is -2.21. The molecule has 28 heavy (non-hydrogen) atoms. The number of hydrogen-bond donors (Lipinski definition) is 1. The highest BCUT2D eigenvalue weighted by Crippen LogP contribution is 2.34. The van der Waals surface area contributed by atoms with E-state index in [4.69, 9.17) is 4.84 Å². The van der Waals surface area contributed by atoms with Gasteiger partial charge in [-0.1, -0.05) is 42.4 Å². The van der Waals surface area contributed by atoms with E-state index in [0.29, 0.717) is 43.9 Å². The van der Waals surface area contributed by atoms with E-state index in [1.807, 2.05) is 18.2 Å². The van der Waals surface area contributed by atoms with Gasteiger partial charge in [-0.3, -0.25) is 9.59 Å². The summed E-state index contributed by atoms with van der Waals surface area (Å²) < 4.78 is 0. The van der Waals surface area contributed by atoms with Gasteiger partial charge in [0.05, 0.1) is 12.1 Å². The van der Waals surface area contributed by atoms with Gasteiger partial charge in [0.1, 0.15) is 11.4 Å². The Morgan fingerprint density at radius 2 is 2.18 bits per heavy atom. The second kappa shape index (κ2) is 7.71. The molecule has 146 valence electrons. The number of nitrogens with one attached hydrogen (secondary N) is 1. The van der Waals surface area contributed by atoms with Gasteiger partial charge in [-0.05, 0) is 11.5 Å². The van der Waals surface area contributed by atoms with Gasteiger partial charge >= 0.3 is 0 Å². The zero-order valence-corrected chi connectivity index (χ0v) is 16.4. The van der Waals surface area contributed by atoms with Gasteiger partial charge < -0.3 is 15.1 Å². The van der Waals surface area contributed by atoms with E-state index in [9.17, 15) is 9.59 Å². The molecule has 7 nitrogen and oxygen atoms in total. The van der Waals surface area contributed by atoms with Gasteiger partial charge in [0.25, 0.3) is 11.8 Å². The maximum atomic E-state index is 12.5. The largest absolute Gasteiger partial charge is 0.386 e. The van der Waals surface area contributed by atoms with Gasteiger partial charge in [-0.25, -0.2) is 4.98 Å². The van der Waals surface area contributed by atoms with E-state index in [1.54, 1.807) is 15.8 Å². The molecule has 8 heteroatoms. The summed E-state index contributed by atoms with van der Waals surface area (Å²) in [7, 11) is 0. The van der Waals surface area contributed by atoms with Gasteiger partial charge in [0, 0.05) is 31.3 Å². The van der Waals surface area contributed by atoms with Crippen LogP contribution in [0.3, 0.4) is 0 Å². The van der Waals surface area contributed by atoms with Crippen LogP contribution in [0.15, 0.2) is 46.4 Å². The van der Waals surface area contributed by atoms with Gasteiger partial charge in [-0.2, -0.15) is 0 Å². The number of rotatable bonds is 5. The number of nitrogens with zero attached hydrogens (tertiary/aromatic N) is 3. The molecule has 2 aliphatic heterocycles. The predicted molar refractivity (Wildman–Crippen MR) is 106 cm³/mol. The number of oxime groups is 1. The zero-order valence-electron chi connectivity index (χ0n) is 15.6. The van der Waals surface area contributed by atoms with Crippen LogP contribution < -0.4 is 5.32 Å². The van der Waals surface area contributed by atoms with Crippen LogP contribution in [0.2, 0.25) is 0 Å². The molecule has 1 spiro atoms. The van der Waals surface area contributed by atoms with Crippen molar-refractivity contribution in [1.29, 1.82) is 0 Å². The summed E-state index contributed by atoms with van der Waals surface area (Å²) >= 11 is 1.40. The molecule has 1 aromatic carbocycles. The Labute approximate surface area is 167 Å². The molecule has 0 unspecified atom stereocenters. The number of carbonyl (C=O) groups excluding carboxylic acids is 2. The zero-order chi connectivity index (χ0) is 19.6. The van der Waals surface area contributed by atoms with E-state index in [2.05, 4.69) is 34.5 Å². The lowest BCUT2D eigenvalue weighted by atomic mass is 9.96. The van der Waals surface area contributed by atoms with Gasteiger partial charge in [0.15, 0.2) is 5.60 Å². The Morgan fingerprint density at radius 1 is 1.36 bits per heavy atom. The molecule has 3 heterocycles. The second-order valence-corrected chi connectivity index (χ2v) is 8.08. The van der Waals surface area contributed by atoms with Crippen molar-refractivity contribution in [2.24, 2.45) is 5.16 Å². The molecule has 1 saturated heterocycles. The Hall–Kier alpha value is -2.74. The van der Waals surface area contributed by atoms with Crippen LogP contribution in [0.25, 0.3) is 0 Å². The molecule has 2 amide bonds. The average Bonchev–Trinajstić information content (AvgIpc) is 3.48. The molecule has 4 rings (SSSR count). The first-order valence-corrected chi connectivity index (χ1v) is 10.3. The minimum atomic E-state index is -0.594. The fourth-order valence-electron chi connectivity index (χ4n) is 3.61. The Morgan fingerprint density at radius 3 is 2.93 bits per heavy atom. The topological polar surface area (TPSA) is 83.9 Å². The quantitative estimate of drug-likeness (QED) is 0.838. The highest BCUT2D eigenvalue weighted by Gasteiger charge is 2.48. The molecule has 1 N–H and O–H groups in total. The predicted octanol–water partition coefficient (Wildman–Crippen LogP) is 2.42. The third kappa shape index (κ3) is 3.77. The minimum Gasteiger partial charge on any atom is -0.386 e. The summed E-state index contributed by atoms with van der Waals surface area (Å²) in [6.07, 6.45) is 1.07. The van der Waals surface area contributed by atoms with Crippen molar-refractivity contribution in [1.82, 2.24) is 15.2 Å². The Balaban J connectivity index is 1.30. The summed E-state index contributed by atoms with van der Waals surface area (Å²) in [6.45, 7) is 3.60. The first-order chi connectivity index (χ1) is 13.6. The number of hydrogen-bond acceptors (Lipinski definition) is 6. The summed E-state index contributed by atoms with van der Waals surface area (Å²) in [4.78, 5) is 36.4. The van der Waals surface area contributed by atoms with Crippen LogP contribution in [0.4, 0.5) is 0 Å². The Bertz CT molecular complexity index is 884. The molecule has 0 saturated carbocycles. The van der Waals surface area contributed by atoms with Crippen molar-refractivity contribution in [2.45, 2.75) is 31.3 Å². The molecule has 0 radical (unpaired) electrons. The molecular formula is C20H22N4O3S. The number of likely N-dealkylation sites (tertiary alicyclic amines) is 1. The number of carbonyl (C=O) groups is 2. The first kappa shape index (κ1) is 18.6. The lowest BCUT2D eigenvalue weighted by molar-refractivity contribution is -0.115. The number of aromatic nitrogens is 1. The van der Waals surface area contributed by atoms with Crippen molar-refractivity contribution in [3.05, 3.63) is 52.5 Å². The van der Waals surface area contributed by atoms with Crippen molar-refractivity contribution in [3.8, 4) is 0 Å². The highest BCUT2D eigenvalue weighted by atomic mass is 32.1. The molecule has 2 aromatic rings. The second-order valence-electron chi connectivity index (χ2n) is 7.36. The summed E-state index contributed by atoms with van der Waals surface area (Å²) in [5, 5.41) is 8.72. The summed E-state index contributed by atoms with van der Waals surface area (Å²) in [5.41, 5.74) is 3.07. The Kier molecular flexibility index (Phi) is 5.13. The number of benzene rings is 1. The third-order valence-corrected chi connectivity index (χ3v) is 5.88. The van der Waals surface area contributed by atoms with Crippen molar-refractivity contribution >= 4 is 28.9 Å². The molecule has 0 aliphatic carbocycles. The molecular weight excluding hydrogens is 376 g/mol. The van der Waals surface area contributed by atoms with E-state index < -0.39 is 5.60 Å². The first-order valence-electron chi connectivity index (χ1n) is 9.32. The highest BCUT2D eigenvalue weighted by molar-refractivity contribution is 7.07. The average molecular weight is 398 g/mol. The molecule has 2 aliphatic rings. The third-order valence-electron chi connectivity index (χ3n) is 5.29. The van der Waals surface area contributed by atoms with E-state index >= 15 is 0 Å². The van der Waals surface area contributed by atoms with Crippen LogP contribution in [0.1, 0.15) is 41.7 Å². The molecule has 0 bridgehead atoms. The summed E-state index contributed by atoms with van der Waals surface area (Å²) in [5.74, 6) is -0.0972. The van der Waals surface area contributed by atoms with E-state index in [-0.39, 0.29) is 17.7 Å². The maximum Gasteiger partial charge on any atom is 0.273 e. The van der Waals surface area contributed by atoms with Crippen LogP contribution in [0, 0.1) is 0 Å². The normalized spacial score (nSPS) is 22.0. The van der Waals surface area contributed by atoms with Crippen molar-refractivity contribution < 1.29 is 14.4 Å². The monoisotopic (exact) mass is 398 g/mol. The lowest BCUT2D eigenvalue weighted by Crippen LogP contribution is -2.39. The van der Waals surface area contributed by atoms with Crippen molar-refractivity contribution in [3.63, 3.8) is 0 Å². The van der Waals surface area contributed by atoms with Gasteiger partial charge in [-0.15, -0.1) is 11.3 Å². The number of thiazole rings is 1. The standard InChI is InChI=1S/C20H22N4O3S/c1-14(15-5-3-2-4-6-15)10-21-18(25)16-9-20(27-23-16)7-8-24(12-20)19(26)17-11-28-13-22-17/h2-6,11,13-14H,7-10,12H2,1H3,(H,21,25)/t14-,20-/m0/s1. The smallest absolute Gasteiger partial charge is 0.273 e. The van der Waals surface area contributed by atoms with Crippen LogP contribution in [-0.2, 0) is 9.63 Å². The summed E-state index contributed by atoms with van der Waals surface area (Å²) in [6, 6.07) is 10.1. The van der Waals surface area contributed by atoms with Crippen LogP contribution in [0.5, 0.6) is 0 Å². The van der Waals surface area contributed by atoms with E-state index in [1.165, 1.54) is 16.9 Å². The SMILES string of the molecule is C[C@@H](CNC(=O)C1=NO[C@@]2(CCN(C(=O)c3cscn3)C2)C1)c1ccccc1. The van der Waals surface area contributed by atoms with Crippen LogP contribution in [-0.4, -0.2) is 52.6 Å². The fraction of sp³-hybridized carbons (Fsp3) is 0.400. The molecule has 2 atom stereocenters. The fourth-order valence-corrected chi connectivity index (χ4v) is 4.13.